The van der Waals surface area contributed by atoms with Crippen molar-refractivity contribution in [2.75, 3.05) is 51.4 Å². The molecule has 19 heavy (non-hydrogen) atoms. The summed E-state index contributed by atoms with van der Waals surface area (Å²) in [5.74, 6) is 1.40. The van der Waals surface area contributed by atoms with Gasteiger partial charge in [0.2, 0.25) is 0 Å². The zero-order chi connectivity index (χ0) is 13.7. The van der Waals surface area contributed by atoms with Gasteiger partial charge in [-0.3, -0.25) is 0 Å². The molecule has 2 aliphatic rings. The molecule has 2 rings (SSSR count). The average molecular weight is 290 g/mol. The smallest absolute Gasteiger partial charge is 0.153 e. The molecule has 1 N–H and O–H groups in total. The predicted octanol–water partition coefficient (Wildman–Crippen LogP) is 0.122. The highest BCUT2D eigenvalue weighted by Crippen LogP contribution is 2.28. The summed E-state index contributed by atoms with van der Waals surface area (Å²) in [6, 6.07) is 0.119. The van der Waals surface area contributed by atoms with Crippen LogP contribution in [-0.4, -0.2) is 70.8 Å². The van der Waals surface area contributed by atoms with Gasteiger partial charge in [-0.2, -0.15) is 0 Å². The molecule has 5 nitrogen and oxygen atoms in total. The van der Waals surface area contributed by atoms with Crippen molar-refractivity contribution in [3.8, 4) is 0 Å². The van der Waals surface area contributed by atoms with Gasteiger partial charge in [-0.15, -0.1) is 0 Å². The van der Waals surface area contributed by atoms with Crippen molar-refractivity contribution < 1.29 is 13.2 Å². The van der Waals surface area contributed by atoms with Crippen LogP contribution in [0.3, 0.4) is 0 Å². The van der Waals surface area contributed by atoms with Crippen molar-refractivity contribution in [1.29, 1.82) is 0 Å². The van der Waals surface area contributed by atoms with Gasteiger partial charge in [-0.05, 0) is 38.8 Å². The highest BCUT2D eigenvalue weighted by Gasteiger charge is 2.24. The normalized spacial score (nSPS) is 26.7. The fraction of sp³-hybridized carbons (Fsp3) is 1.00. The monoisotopic (exact) mass is 290 g/mol. The average Bonchev–Trinajstić information content (AvgIpc) is 3.15. The lowest BCUT2D eigenvalue weighted by Crippen LogP contribution is -2.46. The molecule has 6 heteroatoms. The fourth-order valence-electron chi connectivity index (χ4n) is 2.30. The van der Waals surface area contributed by atoms with E-state index in [-0.39, 0.29) is 11.8 Å². The molecule has 0 bridgehead atoms. The van der Waals surface area contributed by atoms with Gasteiger partial charge in [0.1, 0.15) is 0 Å². The second kappa shape index (κ2) is 7.02. The van der Waals surface area contributed by atoms with Crippen LogP contribution in [-0.2, 0) is 14.6 Å². The second-order valence-corrected chi connectivity index (χ2v) is 8.10. The number of sulfone groups is 1. The van der Waals surface area contributed by atoms with E-state index in [2.05, 4.69) is 17.3 Å². The standard InChI is InChI=1S/C13H26N2O3S/c1-15(7-8-18-10-12-2-3-12)6-4-13-11-19(16,17)9-5-14-13/h12-14H,2-11H2,1H3. The largest absolute Gasteiger partial charge is 0.380 e. The summed E-state index contributed by atoms with van der Waals surface area (Å²) in [7, 11) is -0.742. The van der Waals surface area contributed by atoms with Crippen LogP contribution in [0.1, 0.15) is 19.3 Å². The molecule has 2 fully saturated rings. The molecule has 1 aliphatic carbocycles. The van der Waals surface area contributed by atoms with Crippen LogP contribution in [0.2, 0.25) is 0 Å². The van der Waals surface area contributed by atoms with E-state index in [1.54, 1.807) is 0 Å². The Morgan fingerprint density at radius 1 is 1.32 bits per heavy atom. The van der Waals surface area contributed by atoms with E-state index in [0.29, 0.717) is 12.3 Å². The van der Waals surface area contributed by atoms with Crippen LogP contribution in [0, 0.1) is 5.92 Å². The van der Waals surface area contributed by atoms with Gasteiger partial charge in [0.05, 0.1) is 18.1 Å². The third-order valence-electron chi connectivity index (χ3n) is 3.83. The minimum atomic E-state index is -2.81. The molecular weight excluding hydrogens is 264 g/mol. The quantitative estimate of drug-likeness (QED) is 0.644. The van der Waals surface area contributed by atoms with Gasteiger partial charge in [0.25, 0.3) is 0 Å². The first-order valence-corrected chi connectivity index (χ1v) is 9.07. The summed E-state index contributed by atoms with van der Waals surface area (Å²) < 4.78 is 28.6. The van der Waals surface area contributed by atoms with Crippen LogP contribution in [0.15, 0.2) is 0 Å². The molecule has 0 aromatic heterocycles. The first-order valence-electron chi connectivity index (χ1n) is 7.25. The van der Waals surface area contributed by atoms with Crippen LogP contribution < -0.4 is 5.32 Å². The Labute approximate surface area is 116 Å². The predicted molar refractivity (Wildman–Crippen MR) is 76.1 cm³/mol. The molecule has 1 unspecified atom stereocenters. The van der Waals surface area contributed by atoms with Gasteiger partial charge in [-0.1, -0.05) is 0 Å². The van der Waals surface area contributed by atoms with Gasteiger partial charge in [-0.25, -0.2) is 8.42 Å². The Balaban J connectivity index is 1.53. The molecule has 1 aliphatic heterocycles. The van der Waals surface area contributed by atoms with Crippen molar-refractivity contribution >= 4 is 9.84 Å². The van der Waals surface area contributed by atoms with E-state index in [9.17, 15) is 8.42 Å². The number of nitrogens with zero attached hydrogens (tertiary/aromatic N) is 1. The number of rotatable bonds is 8. The number of nitrogens with one attached hydrogen (secondary N) is 1. The van der Waals surface area contributed by atoms with E-state index in [1.807, 2.05) is 0 Å². The van der Waals surface area contributed by atoms with Crippen molar-refractivity contribution in [3.63, 3.8) is 0 Å². The number of hydrogen-bond donors (Lipinski definition) is 1. The van der Waals surface area contributed by atoms with Crippen LogP contribution in [0.5, 0.6) is 0 Å². The minimum absolute atomic E-state index is 0.119. The molecule has 0 aromatic rings. The van der Waals surface area contributed by atoms with Gasteiger partial charge in [0, 0.05) is 25.7 Å². The summed E-state index contributed by atoms with van der Waals surface area (Å²) in [6.45, 7) is 4.13. The molecule has 1 saturated heterocycles. The van der Waals surface area contributed by atoms with Crippen molar-refractivity contribution in [2.45, 2.75) is 25.3 Å². The minimum Gasteiger partial charge on any atom is -0.380 e. The third kappa shape index (κ3) is 6.21. The first kappa shape index (κ1) is 15.2. The van der Waals surface area contributed by atoms with E-state index < -0.39 is 9.84 Å². The van der Waals surface area contributed by atoms with Crippen molar-refractivity contribution in [1.82, 2.24) is 10.2 Å². The lowest BCUT2D eigenvalue weighted by atomic mass is 10.2. The molecule has 0 aromatic carbocycles. The van der Waals surface area contributed by atoms with Crippen molar-refractivity contribution in [3.05, 3.63) is 0 Å². The molecular formula is C13H26N2O3S. The van der Waals surface area contributed by atoms with E-state index in [1.165, 1.54) is 12.8 Å². The van der Waals surface area contributed by atoms with Crippen LogP contribution >= 0.6 is 0 Å². The Hall–Kier alpha value is -0.170. The third-order valence-corrected chi connectivity index (χ3v) is 5.56. The zero-order valence-electron chi connectivity index (χ0n) is 11.8. The maximum atomic E-state index is 11.5. The molecule has 1 saturated carbocycles. The Morgan fingerprint density at radius 2 is 2.11 bits per heavy atom. The van der Waals surface area contributed by atoms with Crippen LogP contribution in [0.4, 0.5) is 0 Å². The lowest BCUT2D eigenvalue weighted by Gasteiger charge is -2.26. The Bertz CT molecular complexity index is 368. The lowest BCUT2D eigenvalue weighted by molar-refractivity contribution is 0.102. The van der Waals surface area contributed by atoms with E-state index >= 15 is 0 Å². The molecule has 0 amide bonds. The highest BCUT2D eigenvalue weighted by molar-refractivity contribution is 7.91. The fourth-order valence-corrected chi connectivity index (χ4v) is 3.79. The van der Waals surface area contributed by atoms with E-state index in [4.69, 9.17) is 4.74 Å². The van der Waals surface area contributed by atoms with Crippen LogP contribution in [0.25, 0.3) is 0 Å². The number of likely N-dealkylation sites (N-methyl/N-ethyl adjacent to an activating group) is 1. The zero-order valence-corrected chi connectivity index (χ0v) is 12.6. The van der Waals surface area contributed by atoms with Gasteiger partial charge >= 0.3 is 0 Å². The maximum absolute atomic E-state index is 11.5. The maximum Gasteiger partial charge on any atom is 0.153 e. The first-order chi connectivity index (χ1) is 9.05. The summed E-state index contributed by atoms with van der Waals surface area (Å²) in [5.41, 5.74) is 0. The summed E-state index contributed by atoms with van der Waals surface area (Å²) in [4.78, 5) is 2.22. The summed E-state index contributed by atoms with van der Waals surface area (Å²) >= 11 is 0. The van der Waals surface area contributed by atoms with Gasteiger partial charge < -0.3 is 15.0 Å². The summed E-state index contributed by atoms with van der Waals surface area (Å²) in [6.07, 6.45) is 3.55. The number of ether oxygens (including phenoxy) is 1. The SMILES string of the molecule is CN(CCOCC1CC1)CCC1CS(=O)(=O)CCN1. The van der Waals surface area contributed by atoms with Gasteiger partial charge in [0.15, 0.2) is 9.84 Å². The topological polar surface area (TPSA) is 58.6 Å². The Morgan fingerprint density at radius 3 is 2.79 bits per heavy atom. The Kier molecular flexibility index (Phi) is 5.62. The van der Waals surface area contributed by atoms with Crippen molar-refractivity contribution in [2.24, 2.45) is 5.92 Å². The second-order valence-electron chi connectivity index (χ2n) is 5.88. The highest BCUT2D eigenvalue weighted by atomic mass is 32.2. The molecule has 0 radical (unpaired) electrons. The molecule has 112 valence electrons. The molecule has 1 heterocycles. The number of hydrogen-bond acceptors (Lipinski definition) is 5. The molecule has 1 atom stereocenters. The molecule has 0 spiro atoms. The summed E-state index contributed by atoms with van der Waals surface area (Å²) in [5, 5.41) is 3.28. The van der Waals surface area contributed by atoms with E-state index in [0.717, 1.165) is 38.6 Å².